The van der Waals surface area contributed by atoms with Crippen LogP contribution in [0.25, 0.3) is 0 Å². The lowest BCUT2D eigenvalue weighted by Crippen LogP contribution is -2.37. The summed E-state index contributed by atoms with van der Waals surface area (Å²) in [5.41, 5.74) is 0. The van der Waals surface area contributed by atoms with Gasteiger partial charge in [0.2, 0.25) is 5.91 Å². The summed E-state index contributed by atoms with van der Waals surface area (Å²) in [6.45, 7) is 2.24. The Morgan fingerprint density at radius 2 is 2.47 bits per heavy atom. The fourth-order valence-electron chi connectivity index (χ4n) is 1.32. The van der Waals surface area contributed by atoms with Crippen molar-refractivity contribution < 1.29 is 19.4 Å². The van der Waals surface area contributed by atoms with Crippen molar-refractivity contribution in [3.63, 3.8) is 0 Å². The molecule has 1 aliphatic rings. The van der Waals surface area contributed by atoms with E-state index in [0.29, 0.717) is 19.4 Å². The minimum atomic E-state index is -0.567. The molecule has 0 bridgehead atoms. The lowest BCUT2D eigenvalue weighted by molar-refractivity contribution is -0.140. The molecule has 1 unspecified atom stereocenters. The van der Waals surface area contributed by atoms with Gasteiger partial charge in [-0.15, -0.1) is 0 Å². The summed E-state index contributed by atoms with van der Waals surface area (Å²) in [6, 6.07) is -0.567. The van der Waals surface area contributed by atoms with Crippen LogP contribution in [-0.4, -0.2) is 29.6 Å². The molecule has 1 saturated heterocycles. The van der Waals surface area contributed by atoms with Gasteiger partial charge in [0.05, 0.1) is 12.4 Å². The second kappa shape index (κ2) is 5.38. The zero-order valence-electron chi connectivity index (χ0n) is 8.66. The van der Waals surface area contributed by atoms with Gasteiger partial charge >= 0.3 is 5.97 Å². The van der Waals surface area contributed by atoms with Crippen LogP contribution in [0.3, 0.4) is 0 Å². The molecule has 0 aromatic carbocycles. The number of ether oxygens (including phenoxy) is 1. The number of aliphatic hydroxyl groups is 1. The average molecular weight is 213 g/mol. The van der Waals surface area contributed by atoms with Crippen LogP contribution in [0.5, 0.6) is 0 Å². The largest absolute Gasteiger partial charge is 0.512 e. The SMILES string of the molecule is CCC/C(O)=C/C(=O)NC1CCOC1=O. The van der Waals surface area contributed by atoms with Crippen LogP contribution in [-0.2, 0) is 14.3 Å². The van der Waals surface area contributed by atoms with Gasteiger partial charge in [0.1, 0.15) is 6.04 Å². The second-order valence-corrected chi connectivity index (χ2v) is 3.40. The maximum absolute atomic E-state index is 11.3. The maximum Gasteiger partial charge on any atom is 0.328 e. The first-order chi connectivity index (χ1) is 7.13. The molecule has 0 spiro atoms. The van der Waals surface area contributed by atoms with Crippen LogP contribution < -0.4 is 5.32 Å². The summed E-state index contributed by atoms with van der Waals surface area (Å²) in [5.74, 6) is -0.835. The number of amides is 1. The van der Waals surface area contributed by atoms with Crippen molar-refractivity contribution >= 4 is 11.9 Å². The van der Waals surface area contributed by atoms with Crippen LogP contribution in [0.1, 0.15) is 26.2 Å². The van der Waals surface area contributed by atoms with Crippen molar-refractivity contribution in [2.24, 2.45) is 0 Å². The van der Waals surface area contributed by atoms with Gasteiger partial charge < -0.3 is 15.2 Å². The highest BCUT2D eigenvalue weighted by atomic mass is 16.5. The van der Waals surface area contributed by atoms with Crippen molar-refractivity contribution in [1.29, 1.82) is 0 Å². The summed E-state index contributed by atoms with van der Waals surface area (Å²) in [5, 5.41) is 11.7. The number of hydrogen-bond acceptors (Lipinski definition) is 4. The van der Waals surface area contributed by atoms with E-state index in [2.05, 4.69) is 10.1 Å². The highest BCUT2D eigenvalue weighted by molar-refractivity contribution is 5.92. The Bertz CT molecular complexity index is 285. The van der Waals surface area contributed by atoms with E-state index >= 15 is 0 Å². The molecule has 0 aliphatic carbocycles. The van der Waals surface area contributed by atoms with Crippen molar-refractivity contribution in [2.75, 3.05) is 6.61 Å². The summed E-state index contributed by atoms with van der Waals surface area (Å²) >= 11 is 0. The van der Waals surface area contributed by atoms with Gasteiger partial charge in [-0.3, -0.25) is 4.79 Å². The Kier molecular flexibility index (Phi) is 4.15. The highest BCUT2D eigenvalue weighted by Gasteiger charge is 2.27. The fraction of sp³-hybridized carbons (Fsp3) is 0.600. The molecule has 0 radical (unpaired) electrons. The highest BCUT2D eigenvalue weighted by Crippen LogP contribution is 2.06. The summed E-state index contributed by atoms with van der Waals surface area (Å²) in [7, 11) is 0. The van der Waals surface area contributed by atoms with Crippen LogP contribution in [0, 0.1) is 0 Å². The molecule has 0 aromatic heterocycles. The number of carbonyl (C=O) groups excluding carboxylic acids is 2. The fourth-order valence-corrected chi connectivity index (χ4v) is 1.32. The molecule has 1 atom stereocenters. The predicted molar refractivity (Wildman–Crippen MR) is 53.1 cm³/mol. The number of carbonyl (C=O) groups is 2. The van der Waals surface area contributed by atoms with Gasteiger partial charge in [-0.1, -0.05) is 6.92 Å². The average Bonchev–Trinajstić information content (AvgIpc) is 2.52. The lowest BCUT2D eigenvalue weighted by Gasteiger charge is -2.06. The molecule has 15 heavy (non-hydrogen) atoms. The quantitative estimate of drug-likeness (QED) is 0.408. The van der Waals surface area contributed by atoms with Crippen LogP contribution in [0.2, 0.25) is 0 Å². The Balaban J connectivity index is 2.41. The van der Waals surface area contributed by atoms with Gasteiger partial charge in [-0.2, -0.15) is 0 Å². The van der Waals surface area contributed by atoms with E-state index < -0.39 is 17.9 Å². The van der Waals surface area contributed by atoms with Gasteiger partial charge in [0.25, 0.3) is 0 Å². The van der Waals surface area contributed by atoms with Crippen molar-refractivity contribution in [3.8, 4) is 0 Å². The molecule has 5 heteroatoms. The smallest absolute Gasteiger partial charge is 0.328 e. The Hall–Kier alpha value is -1.52. The summed E-state index contributed by atoms with van der Waals surface area (Å²) in [4.78, 5) is 22.3. The molecule has 1 amide bonds. The third-order valence-corrected chi connectivity index (χ3v) is 2.06. The molecule has 2 N–H and O–H groups in total. The zero-order valence-corrected chi connectivity index (χ0v) is 8.66. The van der Waals surface area contributed by atoms with Gasteiger partial charge in [-0.05, 0) is 6.42 Å². The molecule has 1 heterocycles. The van der Waals surface area contributed by atoms with E-state index in [0.717, 1.165) is 12.5 Å². The molecule has 0 saturated carbocycles. The van der Waals surface area contributed by atoms with E-state index in [9.17, 15) is 14.7 Å². The molecule has 1 aliphatic heterocycles. The normalized spacial score (nSPS) is 21.3. The Morgan fingerprint density at radius 3 is 3.00 bits per heavy atom. The molecule has 1 rings (SSSR count). The zero-order chi connectivity index (χ0) is 11.3. The van der Waals surface area contributed by atoms with E-state index in [4.69, 9.17) is 0 Å². The molecule has 0 aromatic rings. The second-order valence-electron chi connectivity index (χ2n) is 3.40. The van der Waals surface area contributed by atoms with Crippen molar-refractivity contribution in [1.82, 2.24) is 5.32 Å². The number of allylic oxidation sites excluding steroid dienone is 1. The van der Waals surface area contributed by atoms with Crippen LogP contribution in [0.4, 0.5) is 0 Å². The predicted octanol–water partition coefficient (Wildman–Crippen LogP) is 0.660. The number of esters is 1. The number of nitrogens with one attached hydrogen (secondary N) is 1. The monoisotopic (exact) mass is 213 g/mol. The number of rotatable bonds is 4. The van der Waals surface area contributed by atoms with E-state index in [1.54, 1.807) is 0 Å². The number of cyclic esters (lactones) is 1. The van der Waals surface area contributed by atoms with E-state index in [1.807, 2.05) is 6.92 Å². The van der Waals surface area contributed by atoms with Crippen LogP contribution >= 0.6 is 0 Å². The van der Waals surface area contributed by atoms with E-state index in [-0.39, 0.29) is 5.76 Å². The molecular weight excluding hydrogens is 198 g/mol. The van der Waals surface area contributed by atoms with Crippen LogP contribution in [0.15, 0.2) is 11.8 Å². The Labute approximate surface area is 88.1 Å². The Morgan fingerprint density at radius 1 is 1.73 bits per heavy atom. The number of aliphatic hydroxyl groups excluding tert-OH is 1. The standard InChI is InChI=1S/C10H15NO4/c1-2-3-7(12)6-9(13)11-8-4-5-15-10(8)14/h6,8,12H,2-5H2,1H3,(H,11,13)/b7-6-. The number of hydrogen-bond donors (Lipinski definition) is 2. The third-order valence-electron chi connectivity index (χ3n) is 2.06. The first kappa shape index (κ1) is 11.6. The van der Waals surface area contributed by atoms with Gasteiger partial charge in [-0.25, -0.2) is 4.79 Å². The molecule has 84 valence electrons. The van der Waals surface area contributed by atoms with E-state index in [1.165, 1.54) is 0 Å². The summed E-state index contributed by atoms with van der Waals surface area (Å²) in [6.07, 6.45) is 2.83. The van der Waals surface area contributed by atoms with Crippen molar-refractivity contribution in [3.05, 3.63) is 11.8 Å². The first-order valence-electron chi connectivity index (χ1n) is 5.00. The first-order valence-corrected chi connectivity index (χ1v) is 5.00. The minimum absolute atomic E-state index is 0.0290. The molecular formula is C10H15NO4. The maximum atomic E-state index is 11.3. The van der Waals surface area contributed by atoms with Crippen molar-refractivity contribution in [2.45, 2.75) is 32.2 Å². The topological polar surface area (TPSA) is 75.6 Å². The lowest BCUT2D eigenvalue weighted by atomic mass is 10.2. The summed E-state index contributed by atoms with van der Waals surface area (Å²) < 4.78 is 4.68. The molecule has 1 fully saturated rings. The van der Waals surface area contributed by atoms with Gasteiger partial charge in [0.15, 0.2) is 0 Å². The third kappa shape index (κ3) is 3.61. The minimum Gasteiger partial charge on any atom is -0.512 e. The molecule has 5 nitrogen and oxygen atoms in total. The van der Waals surface area contributed by atoms with Gasteiger partial charge in [0, 0.05) is 18.9 Å².